The zero-order valence-electron chi connectivity index (χ0n) is 12.6. The van der Waals surface area contributed by atoms with Crippen molar-refractivity contribution in [1.29, 1.82) is 0 Å². The van der Waals surface area contributed by atoms with E-state index < -0.39 is 0 Å². The van der Waals surface area contributed by atoms with Gasteiger partial charge in [-0.05, 0) is 38.1 Å². The SMILES string of the molecule is CNCc1sc(C2CC3CCC2C3)nc1C(C)(C)C. The third kappa shape index (κ3) is 2.47. The molecule has 2 nitrogen and oxygen atoms in total. The molecule has 1 N–H and O–H groups in total. The van der Waals surface area contributed by atoms with Gasteiger partial charge in [0.15, 0.2) is 0 Å². The van der Waals surface area contributed by atoms with Gasteiger partial charge in [0, 0.05) is 22.8 Å². The summed E-state index contributed by atoms with van der Waals surface area (Å²) < 4.78 is 0. The molecule has 0 spiro atoms. The number of hydrogen-bond acceptors (Lipinski definition) is 3. The fourth-order valence-corrected chi connectivity index (χ4v) is 5.44. The standard InChI is InChI=1S/C16H26N2S/c1-16(2,3)14-13(9-17-4)19-15(18-14)12-8-10-5-6-11(12)7-10/h10-12,17H,5-9H2,1-4H3. The molecule has 106 valence electrons. The number of rotatable bonds is 3. The van der Waals surface area contributed by atoms with E-state index >= 15 is 0 Å². The molecule has 19 heavy (non-hydrogen) atoms. The number of nitrogens with one attached hydrogen (secondary N) is 1. The minimum atomic E-state index is 0.165. The van der Waals surface area contributed by atoms with Gasteiger partial charge in [-0.1, -0.05) is 27.2 Å². The van der Waals surface area contributed by atoms with Crippen LogP contribution in [0.25, 0.3) is 0 Å². The highest BCUT2D eigenvalue weighted by atomic mass is 32.1. The Kier molecular flexibility index (Phi) is 3.46. The van der Waals surface area contributed by atoms with E-state index in [2.05, 4.69) is 26.1 Å². The molecule has 3 unspecified atom stereocenters. The summed E-state index contributed by atoms with van der Waals surface area (Å²) in [7, 11) is 2.03. The maximum atomic E-state index is 5.08. The molecule has 2 bridgehead atoms. The van der Waals surface area contributed by atoms with E-state index in [9.17, 15) is 0 Å². The van der Waals surface area contributed by atoms with Crippen LogP contribution in [0.2, 0.25) is 0 Å². The summed E-state index contributed by atoms with van der Waals surface area (Å²) in [5.41, 5.74) is 1.49. The van der Waals surface area contributed by atoms with Crippen molar-refractivity contribution < 1.29 is 0 Å². The maximum Gasteiger partial charge on any atom is 0.0965 e. The topological polar surface area (TPSA) is 24.9 Å². The first-order chi connectivity index (χ1) is 8.99. The molecule has 0 aliphatic heterocycles. The van der Waals surface area contributed by atoms with Gasteiger partial charge >= 0.3 is 0 Å². The Morgan fingerprint density at radius 2 is 2.05 bits per heavy atom. The zero-order chi connectivity index (χ0) is 13.6. The molecule has 1 aromatic heterocycles. The quantitative estimate of drug-likeness (QED) is 0.901. The van der Waals surface area contributed by atoms with Crippen LogP contribution in [0, 0.1) is 11.8 Å². The minimum Gasteiger partial charge on any atom is -0.315 e. The van der Waals surface area contributed by atoms with Crippen molar-refractivity contribution in [3.05, 3.63) is 15.6 Å². The Labute approximate surface area is 121 Å². The maximum absolute atomic E-state index is 5.08. The summed E-state index contributed by atoms with van der Waals surface area (Å²) in [6.07, 6.45) is 5.79. The minimum absolute atomic E-state index is 0.165. The van der Waals surface area contributed by atoms with Gasteiger partial charge in [0.25, 0.3) is 0 Å². The third-order valence-corrected chi connectivity index (χ3v) is 6.00. The van der Waals surface area contributed by atoms with Gasteiger partial charge in [0.1, 0.15) is 0 Å². The van der Waals surface area contributed by atoms with Crippen molar-refractivity contribution >= 4 is 11.3 Å². The summed E-state index contributed by atoms with van der Waals surface area (Å²) in [4.78, 5) is 6.53. The molecule has 0 aromatic carbocycles. The Morgan fingerprint density at radius 3 is 2.58 bits per heavy atom. The van der Waals surface area contributed by atoms with Gasteiger partial charge in [-0.15, -0.1) is 11.3 Å². The summed E-state index contributed by atoms with van der Waals surface area (Å²) in [6.45, 7) is 7.81. The van der Waals surface area contributed by atoms with Crippen LogP contribution in [0.3, 0.4) is 0 Å². The van der Waals surface area contributed by atoms with Gasteiger partial charge in [0.2, 0.25) is 0 Å². The number of nitrogens with zero attached hydrogens (tertiary/aromatic N) is 1. The molecular weight excluding hydrogens is 252 g/mol. The molecule has 2 saturated carbocycles. The predicted octanol–water partition coefficient (Wildman–Crippen LogP) is 4.06. The third-order valence-electron chi connectivity index (χ3n) is 4.82. The highest BCUT2D eigenvalue weighted by molar-refractivity contribution is 7.11. The Bertz CT molecular complexity index is 458. The van der Waals surface area contributed by atoms with E-state index in [1.54, 1.807) is 0 Å². The molecule has 0 saturated heterocycles. The van der Waals surface area contributed by atoms with Crippen LogP contribution < -0.4 is 5.32 Å². The van der Waals surface area contributed by atoms with Crippen molar-refractivity contribution in [3.8, 4) is 0 Å². The normalized spacial score (nSPS) is 30.2. The van der Waals surface area contributed by atoms with Crippen molar-refractivity contribution in [1.82, 2.24) is 10.3 Å². The second-order valence-corrected chi connectivity index (χ2v) is 8.50. The molecule has 2 fully saturated rings. The molecule has 2 aliphatic carbocycles. The molecule has 2 aliphatic rings. The van der Waals surface area contributed by atoms with Crippen LogP contribution in [0.1, 0.15) is 68.0 Å². The zero-order valence-corrected chi connectivity index (χ0v) is 13.4. The fraction of sp³-hybridized carbons (Fsp3) is 0.812. The van der Waals surface area contributed by atoms with E-state index in [4.69, 9.17) is 4.98 Å². The number of fused-ring (bicyclic) bond motifs is 2. The van der Waals surface area contributed by atoms with Crippen LogP contribution in [-0.4, -0.2) is 12.0 Å². The van der Waals surface area contributed by atoms with E-state index in [1.807, 2.05) is 18.4 Å². The Balaban J connectivity index is 1.90. The Morgan fingerprint density at radius 1 is 1.26 bits per heavy atom. The summed E-state index contributed by atoms with van der Waals surface area (Å²) in [6, 6.07) is 0. The van der Waals surface area contributed by atoms with Crippen LogP contribution in [-0.2, 0) is 12.0 Å². The second kappa shape index (κ2) is 4.85. The van der Waals surface area contributed by atoms with Crippen molar-refractivity contribution in [3.63, 3.8) is 0 Å². The van der Waals surface area contributed by atoms with Crippen LogP contribution in [0.4, 0.5) is 0 Å². The van der Waals surface area contributed by atoms with Gasteiger partial charge in [0.05, 0.1) is 10.7 Å². The number of thiazole rings is 1. The van der Waals surface area contributed by atoms with E-state index in [0.29, 0.717) is 0 Å². The molecule has 0 amide bonds. The fourth-order valence-electron chi connectivity index (χ4n) is 3.94. The first kappa shape index (κ1) is 13.6. The van der Waals surface area contributed by atoms with E-state index in [0.717, 1.165) is 24.3 Å². The van der Waals surface area contributed by atoms with Gasteiger partial charge in [-0.25, -0.2) is 4.98 Å². The van der Waals surface area contributed by atoms with E-state index in [1.165, 1.54) is 41.3 Å². The average Bonchev–Trinajstić information content (AvgIpc) is 3.01. The molecule has 3 rings (SSSR count). The lowest BCUT2D eigenvalue weighted by Gasteiger charge is -2.20. The molecule has 3 atom stereocenters. The van der Waals surface area contributed by atoms with Crippen molar-refractivity contribution in [2.45, 2.75) is 64.3 Å². The van der Waals surface area contributed by atoms with Crippen LogP contribution in [0.5, 0.6) is 0 Å². The largest absolute Gasteiger partial charge is 0.315 e. The van der Waals surface area contributed by atoms with Crippen LogP contribution in [0.15, 0.2) is 0 Å². The first-order valence-corrected chi connectivity index (χ1v) is 8.45. The highest BCUT2D eigenvalue weighted by Gasteiger charge is 2.42. The smallest absolute Gasteiger partial charge is 0.0965 e. The number of hydrogen-bond donors (Lipinski definition) is 1. The predicted molar refractivity (Wildman–Crippen MR) is 81.8 cm³/mol. The van der Waals surface area contributed by atoms with Crippen molar-refractivity contribution in [2.75, 3.05) is 7.05 Å². The van der Waals surface area contributed by atoms with Gasteiger partial charge < -0.3 is 5.32 Å². The number of aromatic nitrogens is 1. The molecule has 3 heteroatoms. The lowest BCUT2D eigenvalue weighted by molar-refractivity contribution is 0.417. The summed E-state index contributed by atoms with van der Waals surface area (Å²) >= 11 is 1.97. The molecule has 1 heterocycles. The lowest BCUT2D eigenvalue weighted by atomic mass is 9.88. The monoisotopic (exact) mass is 278 g/mol. The summed E-state index contributed by atoms with van der Waals surface area (Å²) in [5, 5.41) is 4.74. The molecule has 1 aromatic rings. The van der Waals surface area contributed by atoms with Crippen molar-refractivity contribution in [2.24, 2.45) is 11.8 Å². The van der Waals surface area contributed by atoms with E-state index in [-0.39, 0.29) is 5.41 Å². The average molecular weight is 278 g/mol. The van der Waals surface area contributed by atoms with Gasteiger partial charge in [-0.3, -0.25) is 0 Å². The molecular formula is C16H26N2S. The highest BCUT2D eigenvalue weighted by Crippen LogP contribution is 2.54. The molecule has 0 radical (unpaired) electrons. The second-order valence-electron chi connectivity index (χ2n) is 7.39. The van der Waals surface area contributed by atoms with Crippen LogP contribution >= 0.6 is 11.3 Å². The summed E-state index contributed by atoms with van der Waals surface area (Å²) in [5.74, 6) is 2.71. The van der Waals surface area contributed by atoms with Gasteiger partial charge in [-0.2, -0.15) is 0 Å². The lowest BCUT2D eigenvalue weighted by Crippen LogP contribution is -2.17. The Hall–Kier alpha value is -0.410. The first-order valence-electron chi connectivity index (χ1n) is 7.63.